The van der Waals surface area contributed by atoms with Gasteiger partial charge in [0.25, 0.3) is 0 Å². The molecule has 2 atom stereocenters. The minimum absolute atomic E-state index is 0.0973. The minimum Gasteiger partial charge on any atom is -0.459 e. The van der Waals surface area contributed by atoms with Gasteiger partial charge in [-0.1, -0.05) is 6.58 Å². The molecular weight excluding hydrogens is 425 g/mol. The van der Waals surface area contributed by atoms with Crippen LogP contribution in [-0.2, 0) is 38.1 Å². The third-order valence-electron chi connectivity index (χ3n) is 3.49. The Bertz CT molecular complexity index is 699. The Morgan fingerprint density at radius 2 is 1.03 bits per heavy atom. The second kappa shape index (κ2) is 10.6. The molecule has 0 aliphatic rings. The Morgan fingerprint density at radius 3 is 1.32 bits per heavy atom. The van der Waals surface area contributed by atoms with E-state index in [-0.39, 0.29) is 5.57 Å². The van der Waals surface area contributed by atoms with Crippen molar-refractivity contribution in [3.63, 3.8) is 0 Å². The summed E-state index contributed by atoms with van der Waals surface area (Å²) in [6, 6.07) is 0. The molecule has 31 heavy (non-hydrogen) atoms. The lowest BCUT2D eigenvalue weighted by atomic mass is 10.1. The first-order valence-electron chi connectivity index (χ1n) is 9.25. The van der Waals surface area contributed by atoms with Crippen LogP contribution in [0.4, 0.5) is 13.2 Å². The van der Waals surface area contributed by atoms with E-state index in [1.165, 1.54) is 6.92 Å². The van der Waals surface area contributed by atoms with E-state index in [0.717, 1.165) is 41.5 Å². The quantitative estimate of drug-likeness (QED) is 0.267. The molecule has 0 aromatic carbocycles. The maximum absolute atomic E-state index is 14.0. The summed E-state index contributed by atoms with van der Waals surface area (Å²) in [5.41, 5.74) is -7.41. The molecule has 0 spiro atoms. The Labute approximate surface area is 179 Å². The number of carbonyl (C=O) groups is 4. The maximum atomic E-state index is 14.0. The average molecular weight is 454 g/mol. The van der Waals surface area contributed by atoms with Crippen molar-refractivity contribution < 1.29 is 51.3 Å². The summed E-state index contributed by atoms with van der Waals surface area (Å²) in [6.07, 6.45) is -3.37. The van der Waals surface area contributed by atoms with Gasteiger partial charge in [-0.2, -0.15) is 0 Å². The van der Waals surface area contributed by atoms with E-state index in [1.54, 1.807) is 0 Å². The van der Waals surface area contributed by atoms with E-state index in [1.807, 2.05) is 0 Å². The van der Waals surface area contributed by atoms with Gasteiger partial charge in [0, 0.05) is 5.57 Å². The highest BCUT2D eigenvalue weighted by Gasteiger charge is 2.39. The number of rotatable bonds is 11. The Morgan fingerprint density at radius 1 is 0.710 bits per heavy atom. The van der Waals surface area contributed by atoms with Crippen LogP contribution in [0.2, 0.25) is 0 Å². The van der Waals surface area contributed by atoms with Crippen molar-refractivity contribution in [1.29, 1.82) is 0 Å². The highest BCUT2D eigenvalue weighted by molar-refractivity contribution is 5.87. The molecule has 0 radical (unpaired) electrons. The van der Waals surface area contributed by atoms with Gasteiger partial charge in [0.15, 0.2) is 12.2 Å². The number of hydrogen-bond donors (Lipinski definition) is 0. The molecular formula is C20H29F3O8. The second-order valence-corrected chi connectivity index (χ2v) is 8.28. The van der Waals surface area contributed by atoms with Gasteiger partial charge in [0.1, 0.15) is 13.2 Å². The SMILES string of the molecule is C=C(C)C(=O)OC(COC(=O)C(C)(C)F)C(COC(=O)C(C)(C)F)OC(=O)C(C)(C)F. The second-order valence-electron chi connectivity index (χ2n) is 8.28. The summed E-state index contributed by atoms with van der Waals surface area (Å²) >= 11 is 0. The van der Waals surface area contributed by atoms with E-state index in [0.29, 0.717) is 0 Å². The molecule has 0 rings (SSSR count). The predicted octanol–water partition coefficient (Wildman–Crippen LogP) is 2.72. The molecule has 0 aliphatic heterocycles. The summed E-state index contributed by atoms with van der Waals surface area (Å²) in [5, 5.41) is 0. The number of carbonyl (C=O) groups excluding carboxylic acids is 4. The molecule has 0 amide bonds. The predicted molar refractivity (Wildman–Crippen MR) is 102 cm³/mol. The van der Waals surface area contributed by atoms with Crippen LogP contribution in [-0.4, -0.2) is 66.3 Å². The maximum Gasteiger partial charge on any atom is 0.343 e. The van der Waals surface area contributed by atoms with Gasteiger partial charge in [0.2, 0.25) is 17.0 Å². The fourth-order valence-corrected chi connectivity index (χ4v) is 1.61. The zero-order valence-electron chi connectivity index (χ0n) is 18.7. The zero-order chi connectivity index (χ0) is 24.8. The number of halogens is 3. The van der Waals surface area contributed by atoms with Crippen molar-refractivity contribution in [3.8, 4) is 0 Å². The largest absolute Gasteiger partial charge is 0.459 e. The van der Waals surface area contributed by atoms with Crippen LogP contribution in [0.3, 0.4) is 0 Å². The van der Waals surface area contributed by atoms with Gasteiger partial charge >= 0.3 is 23.9 Å². The number of ether oxygens (including phenoxy) is 4. The number of alkyl halides is 3. The average Bonchev–Trinajstić information content (AvgIpc) is 2.58. The van der Waals surface area contributed by atoms with Crippen molar-refractivity contribution in [2.75, 3.05) is 13.2 Å². The Kier molecular flexibility index (Phi) is 9.74. The standard InChI is InChI=1S/C20H29F3O8/c1-11(2)14(24)30-12(9-28-15(25)18(3,4)21)13(31-17(27)20(7,8)23)10-29-16(26)19(5,6)22/h12-13H,1,9-10H2,2-8H3. The topological polar surface area (TPSA) is 105 Å². The van der Waals surface area contributed by atoms with Crippen LogP contribution in [0, 0.1) is 0 Å². The lowest BCUT2D eigenvalue weighted by Gasteiger charge is -2.29. The van der Waals surface area contributed by atoms with E-state index in [4.69, 9.17) is 18.9 Å². The molecule has 0 aromatic rings. The van der Waals surface area contributed by atoms with Gasteiger partial charge in [-0.05, 0) is 48.5 Å². The molecule has 0 saturated carbocycles. The normalized spacial score (nSPS) is 14.1. The molecule has 178 valence electrons. The minimum atomic E-state index is -2.50. The molecule has 0 aromatic heterocycles. The highest BCUT2D eigenvalue weighted by atomic mass is 19.2. The van der Waals surface area contributed by atoms with Crippen LogP contribution in [0.5, 0.6) is 0 Å². The van der Waals surface area contributed by atoms with Crippen molar-refractivity contribution in [3.05, 3.63) is 12.2 Å². The molecule has 2 unspecified atom stereocenters. The molecule has 0 N–H and O–H groups in total. The molecule has 0 aliphatic carbocycles. The Hall–Kier alpha value is -2.59. The monoisotopic (exact) mass is 454 g/mol. The first-order chi connectivity index (χ1) is 13.8. The molecule has 0 bridgehead atoms. The van der Waals surface area contributed by atoms with Gasteiger partial charge in [0.05, 0.1) is 0 Å². The third kappa shape index (κ3) is 10.3. The molecule has 8 nitrogen and oxygen atoms in total. The van der Waals surface area contributed by atoms with Crippen LogP contribution in [0.15, 0.2) is 12.2 Å². The first kappa shape index (κ1) is 28.4. The zero-order valence-corrected chi connectivity index (χ0v) is 18.7. The molecule has 0 heterocycles. The summed E-state index contributed by atoms with van der Waals surface area (Å²) < 4.78 is 60.9. The van der Waals surface area contributed by atoms with E-state index < -0.39 is 66.3 Å². The summed E-state index contributed by atoms with van der Waals surface area (Å²) in [7, 11) is 0. The van der Waals surface area contributed by atoms with E-state index in [9.17, 15) is 32.3 Å². The van der Waals surface area contributed by atoms with Crippen molar-refractivity contribution in [2.45, 2.75) is 77.7 Å². The summed E-state index contributed by atoms with van der Waals surface area (Å²) in [6.45, 7) is 8.33. The van der Waals surface area contributed by atoms with Gasteiger partial charge < -0.3 is 18.9 Å². The van der Waals surface area contributed by atoms with Crippen LogP contribution in [0.1, 0.15) is 48.5 Å². The fourth-order valence-electron chi connectivity index (χ4n) is 1.61. The summed E-state index contributed by atoms with van der Waals surface area (Å²) in [5.74, 6) is -5.12. The lowest BCUT2D eigenvalue weighted by molar-refractivity contribution is -0.190. The van der Waals surface area contributed by atoms with Crippen molar-refractivity contribution in [2.24, 2.45) is 0 Å². The van der Waals surface area contributed by atoms with Gasteiger partial charge in [-0.15, -0.1) is 0 Å². The first-order valence-corrected chi connectivity index (χ1v) is 9.25. The lowest BCUT2D eigenvalue weighted by Crippen LogP contribution is -2.46. The number of hydrogen-bond acceptors (Lipinski definition) is 8. The van der Waals surface area contributed by atoms with Gasteiger partial charge in [-0.25, -0.2) is 32.3 Å². The molecule has 0 saturated heterocycles. The van der Waals surface area contributed by atoms with Crippen LogP contribution < -0.4 is 0 Å². The fraction of sp³-hybridized carbons (Fsp3) is 0.700. The van der Waals surface area contributed by atoms with E-state index >= 15 is 0 Å². The summed E-state index contributed by atoms with van der Waals surface area (Å²) in [4.78, 5) is 47.4. The highest BCUT2D eigenvalue weighted by Crippen LogP contribution is 2.19. The number of esters is 4. The van der Waals surface area contributed by atoms with Crippen molar-refractivity contribution >= 4 is 23.9 Å². The third-order valence-corrected chi connectivity index (χ3v) is 3.49. The smallest absolute Gasteiger partial charge is 0.343 e. The van der Waals surface area contributed by atoms with Crippen LogP contribution >= 0.6 is 0 Å². The van der Waals surface area contributed by atoms with Crippen molar-refractivity contribution in [1.82, 2.24) is 0 Å². The molecule has 0 fully saturated rings. The van der Waals surface area contributed by atoms with Gasteiger partial charge in [-0.3, -0.25) is 0 Å². The van der Waals surface area contributed by atoms with Crippen LogP contribution in [0.25, 0.3) is 0 Å². The molecule has 11 heteroatoms. The van der Waals surface area contributed by atoms with E-state index in [2.05, 4.69) is 6.58 Å². The Balaban J connectivity index is 5.81.